The Morgan fingerprint density at radius 2 is 1.80 bits per heavy atom. The number of hydrogen-bond acceptors (Lipinski definition) is 4. The Morgan fingerprint density at radius 3 is 2.20 bits per heavy atom. The highest BCUT2D eigenvalue weighted by atomic mass is 32.3. The smallest absolute Gasteiger partial charge is 0.217 e. The third-order valence-corrected chi connectivity index (χ3v) is 2.06. The van der Waals surface area contributed by atoms with Gasteiger partial charge in [-0.15, -0.1) is 0 Å². The summed E-state index contributed by atoms with van der Waals surface area (Å²) in [5, 5.41) is 0. The van der Waals surface area contributed by atoms with Crippen LogP contribution in [0.2, 0.25) is 0 Å². The van der Waals surface area contributed by atoms with Crippen molar-refractivity contribution >= 4 is 10.4 Å². The third-order valence-electron chi connectivity index (χ3n) is 1.56. The van der Waals surface area contributed by atoms with E-state index in [-0.39, 0.29) is 6.10 Å². The second-order valence-corrected chi connectivity index (χ2v) is 3.42. The first kappa shape index (κ1) is 7.97. The second kappa shape index (κ2) is 2.86. The zero-order valence-corrected chi connectivity index (χ0v) is 6.26. The summed E-state index contributed by atoms with van der Waals surface area (Å²) in [6, 6.07) is 0. The summed E-state index contributed by atoms with van der Waals surface area (Å²) >= 11 is 0. The second-order valence-electron chi connectivity index (χ2n) is 2.41. The molecular formula is C5H9O4S-. The quantitative estimate of drug-likeness (QED) is 0.439. The first-order chi connectivity index (χ1) is 4.58. The summed E-state index contributed by atoms with van der Waals surface area (Å²) in [5.74, 6) is 0. The molecule has 0 unspecified atom stereocenters. The molecule has 1 fully saturated rings. The lowest BCUT2D eigenvalue weighted by molar-refractivity contribution is 0.184. The highest BCUT2D eigenvalue weighted by Gasteiger charge is 2.17. The zero-order valence-electron chi connectivity index (χ0n) is 5.45. The molecule has 1 aliphatic rings. The van der Waals surface area contributed by atoms with Crippen molar-refractivity contribution < 1.29 is 17.2 Å². The van der Waals surface area contributed by atoms with Gasteiger partial charge in [-0.25, -0.2) is 8.42 Å². The summed E-state index contributed by atoms with van der Waals surface area (Å²) in [6.07, 6.45) is 2.96. The minimum atomic E-state index is -4.46. The minimum absolute atomic E-state index is 0.345. The predicted octanol–water partition coefficient (Wildman–Crippen LogP) is 0.406. The lowest BCUT2D eigenvalue weighted by atomic mass is 10.3. The van der Waals surface area contributed by atoms with Gasteiger partial charge < -0.3 is 4.55 Å². The van der Waals surface area contributed by atoms with Crippen LogP contribution in [0.5, 0.6) is 0 Å². The fourth-order valence-electron chi connectivity index (χ4n) is 1.15. The Kier molecular flexibility index (Phi) is 2.28. The maximum atomic E-state index is 10.0. The first-order valence-corrected chi connectivity index (χ1v) is 4.55. The zero-order chi connectivity index (χ0) is 7.61. The molecule has 0 aliphatic heterocycles. The molecule has 10 heavy (non-hydrogen) atoms. The van der Waals surface area contributed by atoms with Crippen LogP contribution in [0.15, 0.2) is 0 Å². The average Bonchev–Trinajstić information content (AvgIpc) is 2.12. The maximum absolute atomic E-state index is 10.0. The van der Waals surface area contributed by atoms with E-state index in [9.17, 15) is 13.0 Å². The molecule has 0 N–H and O–H groups in total. The average molecular weight is 165 g/mol. The van der Waals surface area contributed by atoms with Crippen LogP contribution < -0.4 is 0 Å². The molecule has 60 valence electrons. The van der Waals surface area contributed by atoms with Crippen molar-refractivity contribution in [2.75, 3.05) is 0 Å². The van der Waals surface area contributed by atoms with Gasteiger partial charge in [-0.3, -0.25) is 4.18 Å². The maximum Gasteiger partial charge on any atom is 0.217 e. The van der Waals surface area contributed by atoms with Gasteiger partial charge in [-0.1, -0.05) is 12.8 Å². The Labute approximate surface area is 60.1 Å². The summed E-state index contributed by atoms with van der Waals surface area (Å²) in [7, 11) is -4.46. The van der Waals surface area contributed by atoms with Gasteiger partial charge >= 0.3 is 0 Å². The van der Waals surface area contributed by atoms with E-state index in [2.05, 4.69) is 4.18 Å². The van der Waals surface area contributed by atoms with E-state index in [1.807, 2.05) is 0 Å². The van der Waals surface area contributed by atoms with E-state index < -0.39 is 10.4 Å². The number of rotatable bonds is 2. The molecule has 0 radical (unpaired) electrons. The van der Waals surface area contributed by atoms with Gasteiger partial charge in [0.2, 0.25) is 10.4 Å². The summed E-state index contributed by atoms with van der Waals surface area (Å²) < 4.78 is 34.2. The van der Waals surface area contributed by atoms with E-state index in [0.29, 0.717) is 12.8 Å². The van der Waals surface area contributed by atoms with Gasteiger partial charge in [-0.2, -0.15) is 0 Å². The largest absolute Gasteiger partial charge is 0.726 e. The first-order valence-electron chi connectivity index (χ1n) is 3.22. The Balaban J connectivity index is 2.38. The Hall–Kier alpha value is -0.130. The van der Waals surface area contributed by atoms with E-state index in [1.165, 1.54) is 0 Å². The molecule has 0 bridgehead atoms. The lowest BCUT2D eigenvalue weighted by Crippen LogP contribution is -2.13. The van der Waals surface area contributed by atoms with Crippen molar-refractivity contribution in [2.45, 2.75) is 31.8 Å². The standard InChI is InChI=1S/C5H10O4S/c6-10(7,8)9-5-3-1-2-4-5/h5H,1-4H2,(H,6,7,8)/p-1. The molecule has 5 heteroatoms. The van der Waals surface area contributed by atoms with Crippen molar-refractivity contribution in [3.63, 3.8) is 0 Å². The van der Waals surface area contributed by atoms with Crippen molar-refractivity contribution in [1.29, 1.82) is 0 Å². The van der Waals surface area contributed by atoms with Crippen LogP contribution in [-0.2, 0) is 14.6 Å². The fraction of sp³-hybridized carbons (Fsp3) is 1.00. The van der Waals surface area contributed by atoms with E-state index in [4.69, 9.17) is 0 Å². The molecule has 1 rings (SSSR count). The topological polar surface area (TPSA) is 66.4 Å². The van der Waals surface area contributed by atoms with Gasteiger partial charge in [0, 0.05) is 0 Å². The van der Waals surface area contributed by atoms with Crippen LogP contribution in [0.3, 0.4) is 0 Å². The molecule has 1 saturated carbocycles. The van der Waals surface area contributed by atoms with Gasteiger partial charge in [-0.05, 0) is 12.8 Å². The number of hydrogen-bond donors (Lipinski definition) is 0. The molecule has 0 amide bonds. The van der Waals surface area contributed by atoms with Crippen LogP contribution >= 0.6 is 0 Å². The van der Waals surface area contributed by atoms with E-state index in [1.54, 1.807) is 0 Å². The van der Waals surface area contributed by atoms with Crippen molar-refractivity contribution in [2.24, 2.45) is 0 Å². The van der Waals surface area contributed by atoms with Crippen LogP contribution in [0.1, 0.15) is 25.7 Å². The van der Waals surface area contributed by atoms with Crippen LogP contribution in [0.4, 0.5) is 0 Å². The van der Waals surface area contributed by atoms with Gasteiger partial charge in [0.15, 0.2) is 0 Å². The molecule has 0 atom stereocenters. The molecule has 0 aromatic heterocycles. The van der Waals surface area contributed by atoms with Crippen LogP contribution in [-0.4, -0.2) is 19.1 Å². The summed E-state index contributed by atoms with van der Waals surface area (Å²) in [4.78, 5) is 0. The van der Waals surface area contributed by atoms with E-state index >= 15 is 0 Å². The van der Waals surface area contributed by atoms with Crippen molar-refractivity contribution in [1.82, 2.24) is 0 Å². The van der Waals surface area contributed by atoms with Crippen molar-refractivity contribution in [3.8, 4) is 0 Å². The Bertz CT molecular complexity index is 190. The SMILES string of the molecule is O=S(=O)([O-])OC1CCCC1. The summed E-state index contributed by atoms with van der Waals surface area (Å²) in [5.41, 5.74) is 0. The monoisotopic (exact) mass is 165 g/mol. The molecule has 0 saturated heterocycles. The van der Waals surface area contributed by atoms with Crippen molar-refractivity contribution in [3.05, 3.63) is 0 Å². The van der Waals surface area contributed by atoms with Gasteiger partial charge in [0.05, 0.1) is 6.10 Å². The molecule has 0 spiro atoms. The van der Waals surface area contributed by atoms with Crippen LogP contribution in [0.25, 0.3) is 0 Å². The normalized spacial score (nSPS) is 21.7. The lowest BCUT2D eigenvalue weighted by Gasteiger charge is -2.12. The molecule has 1 aliphatic carbocycles. The molecular weight excluding hydrogens is 156 g/mol. The van der Waals surface area contributed by atoms with Gasteiger partial charge in [0.25, 0.3) is 0 Å². The fourth-order valence-corrected chi connectivity index (χ4v) is 1.68. The highest BCUT2D eigenvalue weighted by molar-refractivity contribution is 7.80. The van der Waals surface area contributed by atoms with E-state index in [0.717, 1.165) is 12.8 Å². The summed E-state index contributed by atoms with van der Waals surface area (Å²) in [6.45, 7) is 0. The third kappa shape index (κ3) is 2.64. The minimum Gasteiger partial charge on any atom is -0.726 e. The Morgan fingerprint density at radius 1 is 1.30 bits per heavy atom. The predicted molar refractivity (Wildman–Crippen MR) is 33.0 cm³/mol. The molecule has 0 heterocycles. The molecule has 0 aromatic carbocycles. The molecule has 0 aromatic rings. The molecule has 4 nitrogen and oxygen atoms in total. The van der Waals surface area contributed by atoms with Gasteiger partial charge in [0.1, 0.15) is 0 Å². The highest BCUT2D eigenvalue weighted by Crippen LogP contribution is 2.21. The van der Waals surface area contributed by atoms with Crippen LogP contribution in [0, 0.1) is 0 Å².